The zero-order valence-corrected chi connectivity index (χ0v) is 9.52. The number of aromatic nitrogens is 2. The van der Waals surface area contributed by atoms with Crippen LogP contribution in [0.25, 0.3) is 0 Å². The van der Waals surface area contributed by atoms with Gasteiger partial charge in [0, 0.05) is 12.3 Å². The predicted octanol–water partition coefficient (Wildman–Crippen LogP) is 2.33. The fourth-order valence-corrected chi connectivity index (χ4v) is 1.29. The molecule has 0 radical (unpaired) electrons. The average molecular weight is 232 g/mol. The van der Waals surface area contributed by atoms with Crippen LogP contribution in [0.1, 0.15) is 11.3 Å². The molecule has 17 heavy (non-hydrogen) atoms. The second-order valence-electron chi connectivity index (χ2n) is 3.62. The van der Waals surface area contributed by atoms with Crippen LogP contribution in [-0.2, 0) is 0 Å². The summed E-state index contributed by atoms with van der Waals surface area (Å²) in [7, 11) is 0. The summed E-state index contributed by atoms with van der Waals surface area (Å²) in [6.45, 7) is 3.67. The first kappa shape index (κ1) is 11.1. The van der Waals surface area contributed by atoms with E-state index in [1.54, 1.807) is 25.3 Å². The number of hydrogen-bond donors (Lipinski definition) is 2. The summed E-state index contributed by atoms with van der Waals surface area (Å²) in [4.78, 5) is 15.6. The van der Waals surface area contributed by atoms with Gasteiger partial charge in [-0.2, -0.15) is 0 Å². The van der Waals surface area contributed by atoms with Gasteiger partial charge in [-0.15, -0.1) is 0 Å². The summed E-state index contributed by atoms with van der Waals surface area (Å²) in [5, 5.41) is 8.78. The molecule has 0 saturated carbocycles. The van der Waals surface area contributed by atoms with Crippen LogP contribution in [0.4, 0.5) is 16.4 Å². The van der Waals surface area contributed by atoms with Gasteiger partial charge in [-0.3, -0.25) is 10.6 Å². The molecule has 0 spiro atoms. The fourth-order valence-electron chi connectivity index (χ4n) is 1.29. The molecule has 2 amide bonds. The monoisotopic (exact) mass is 232 g/mol. The fraction of sp³-hybridized carbons (Fsp3) is 0.182. The number of hydrogen-bond acceptors (Lipinski definition) is 4. The Hall–Kier alpha value is -2.37. The number of rotatable bonds is 2. The summed E-state index contributed by atoms with van der Waals surface area (Å²) in [5.74, 6) is 1.49. The highest BCUT2D eigenvalue weighted by atomic mass is 16.5. The highest BCUT2D eigenvalue weighted by Crippen LogP contribution is 2.09. The van der Waals surface area contributed by atoms with Crippen molar-refractivity contribution in [3.63, 3.8) is 0 Å². The Kier molecular flexibility index (Phi) is 3.04. The topological polar surface area (TPSA) is 80.0 Å². The van der Waals surface area contributed by atoms with Crippen molar-refractivity contribution in [2.24, 2.45) is 0 Å². The van der Waals surface area contributed by atoms with Gasteiger partial charge in [0.2, 0.25) is 0 Å². The van der Waals surface area contributed by atoms with E-state index in [0.717, 1.165) is 5.56 Å². The minimum atomic E-state index is -0.406. The molecule has 2 heterocycles. The van der Waals surface area contributed by atoms with Gasteiger partial charge in [-0.25, -0.2) is 9.78 Å². The van der Waals surface area contributed by atoms with Crippen LogP contribution in [0.3, 0.4) is 0 Å². The van der Waals surface area contributed by atoms with Crippen LogP contribution < -0.4 is 10.6 Å². The van der Waals surface area contributed by atoms with E-state index in [1.807, 2.05) is 13.0 Å². The first-order valence-electron chi connectivity index (χ1n) is 5.07. The van der Waals surface area contributed by atoms with E-state index in [-0.39, 0.29) is 0 Å². The third-order valence-corrected chi connectivity index (χ3v) is 2.03. The Labute approximate surface area is 98.0 Å². The van der Waals surface area contributed by atoms with Gasteiger partial charge in [-0.05, 0) is 31.5 Å². The maximum atomic E-state index is 11.6. The van der Waals surface area contributed by atoms with Gasteiger partial charge in [0.05, 0.1) is 0 Å². The number of nitrogens with one attached hydrogen (secondary N) is 2. The first-order chi connectivity index (χ1) is 8.13. The number of carbonyl (C=O) groups excluding carboxylic acids is 1. The highest BCUT2D eigenvalue weighted by molar-refractivity contribution is 5.98. The number of pyridine rings is 1. The zero-order chi connectivity index (χ0) is 12.3. The predicted molar refractivity (Wildman–Crippen MR) is 62.9 cm³/mol. The number of nitrogens with zero attached hydrogens (tertiary/aromatic N) is 2. The van der Waals surface area contributed by atoms with E-state index < -0.39 is 6.03 Å². The lowest BCUT2D eigenvalue weighted by Gasteiger charge is -2.04. The standard InChI is InChI=1S/C11H12N4O2/c1-7-3-4-12-9(5-7)13-11(16)14-10-6-8(2)17-15-10/h3-6H,1-2H3,(H2,12,13,14,15,16). The molecule has 0 saturated heterocycles. The summed E-state index contributed by atoms with van der Waals surface area (Å²) < 4.78 is 4.83. The quantitative estimate of drug-likeness (QED) is 0.832. The Balaban J connectivity index is 1.98. The van der Waals surface area contributed by atoms with Crippen molar-refractivity contribution < 1.29 is 9.32 Å². The van der Waals surface area contributed by atoms with Crippen LogP contribution in [-0.4, -0.2) is 16.2 Å². The normalized spacial score (nSPS) is 10.0. The molecule has 2 rings (SSSR count). The van der Waals surface area contributed by atoms with Crippen LogP contribution in [0.5, 0.6) is 0 Å². The second-order valence-corrected chi connectivity index (χ2v) is 3.62. The molecule has 0 aromatic carbocycles. The number of anilines is 2. The summed E-state index contributed by atoms with van der Waals surface area (Å²) >= 11 is 0. The van der Waals surface area contributed by atoms with Gasteiger partial charge in [0.15, 0.2) is 5.82 Å². The van der Waals surface area contributed by atoms with E-state index in [1.165, 1.54) is 0 Å². The molecule has 6 nitrogen and oxygen atoms in total. The van der Waals surface area contributed by atoms with Gasteiger partial charge in [0.1, 0.15) is 11.6 Å². The third-order valence-electron chi connectivity index (χ3n) is 2.03. The Bertz CT molecular complexity index is 536. The van der Waals surface area contributed by atoms with Gasteiger partial charge in [-0.1, -0.05) is 5.16 Å². The molecule has 6 heteroatoms. The summed E-state index contributed by atoms with van der Waals surface area (Å²) in [6.07, 6.45) is 1.63. The molecule has 0 unspecified atom stereocenters. The van der Waals surface area contributed by atoms with Gasteiger partial charge >= 0.3 is 6.03 Å². The molecule has 2 aromatic rings. The van der Waals surface area contributed by atoms with Crippen molar-refractivity contribution in [2.75, 3.05) is 10.6 Å². The largest absolute Gasteiger partial charge is 0.360 e. The summed E-state index contributed by atoms with van der Waals surface area (Å²) in [6, 6.07) is 4.84. The molecule has 2 N–H and O–H groups in total. The Morgan fingerprint density at radius 1 is 1.24 bits per heavy atom. The number of amides is 2. The van der Waals surface area contributed by atoms with Crippen molar-refractivity contribution in [1.82, 2.24) is 10.1 Å². The van der Waals surface area contributed by atoms with Gasteiger partial charge < -0.3 is 4.52 Å². The molecule has 0 aliphatic heterocycles. The molecule has 0 aliphatic rings. The van der Waals surface area contributed by atoms with E-state index in [9.17, 15) is 4.79 Å². The molecule has 0 fully saturated rings. The lowest BCUT2D eigenvalue weighted by molar-refractivity contribution is 0.262. The number of aryl methyl sites for hydroxylation is 2. The molecular formula is C11H12N4O2. The van der Waals surface area contributed by atoms with Crippen molar-refractivity contribution in [2.45, 2.75) is 13.8 Å². The molecule has 0 bridgehead atoms. The highest BCUT2D eigenvalue weighted by Gasteiger charge is 2.06. The SMILES string of the molecule is Cc1ccnc(NC(=O)Nc2cc(C)on2)c1. The van der Waals surface area contributed by atoms with Crippen LogP contribution in [0.2, 0.25) is 0 Å². The summed E-state index contributed by atoms with van der Waals surface area (Å²) in [5.41, 5.74) is 1.02. The maximum absolute atomic E-state index is 11.6. The van der Waals surface area contributed by atoms with Crippen molar-refractivity contribution in [1.29, 1.82) is 0 Å². The number of urea groups is 1. The molecule has 2 aromatic heterocycles. The lowest BCUT2D eigenvalue weighted by Crippen LogP contribution is -2.20. The van der Waals surface area contributed by atoms with Crippen LogP contribution >= 0.6 is 0 Å². The lowest BCUT2D eigenvalue weighted by atomic mass is 10.3. The van der Waals surface area contributed by atoms with E-state index in [2.05, 4.69) is 20.8 Å². The molecule has 88 valence electrons. The smallest absolute Gasteiger partial charge is 0.326 e. The average Bonchev–Trinajstić information content (AvgIpc) is 2.63. The molecular weight excluding hydrogens is 220 g/mol. The second kappa shape index (κ2) is 4.65. The minimum Gasteiger partial charge on any atom is -0.360 e. The van der Waals surface area contributed by atoms with Crippen LogP contribution in [0, 0.1) is 13.8 Å². The van der Waals surface area contributed by atoms with Crippen LogP contribution in [0.15, 0.2) is 28.9 Å². The minimum absolute atomic E-state index is 0.368. The maximum Gasteiger partial charge on any atom is 0.326 e. The van der Waals surface area contributed by atoms with Crippen molar-refractivity contribution in [3.8, 4) is 0 Å². The zero-order valence-electron chi connectivity index (χ0n) is 9.52. The van der Waals surface area contributed by atoms with Gasteiger partial charge in [0.25, 0.3) is 0 Å². The van der Waals surface area contributed by atoms with E-state index in [4.69, 9.17) is 4.52 Å². The van der Waals surface area contributed by atoms with Crippen molar-refractivity contribution >= 4 is 17.7 Å². The molecule has 0 atom stereocenters. The van der Waals surface area contributed by atoms with Crippen molar-refractivity contribution in [3.05, 3.63) is 35.7 Å². The van der Waals surface area contributed by atoms with E-state index >= 15 is 0 Å². The first-order valence-corrected chi connectivity index (χ1v) is 5.07. The Morgan fingerprint density at radius 3 is 2.65 bits per heavy atom. The molecule has 0 aliphatic carbocycles. The van der Waals surface area contributed by atoms with E-state index in [0.29, 0.717) is 17.4 Å². The number of carbonyl (C=O) groups is 1. The third kappa shape index (κ3) is 3.04. The Morgan fingerprint density at radius 2 is 2.00 bits per heavy atom.